The summed E-state index contributed by atoms with van der Waals surface area (Å²) in [7, 11) is 1.95. The van der Waals surface area contributed by atoms with Crippen LogP contribution < -0.4 is 5.32 Å². The van der Waals surface area contributed by atoms with E-state index in [2.05, 4.69) is 46.9 Å². The van der Waals surface area contributed by atoms with Gasteiger partial charge in [-0.15, -0.1) is 0 Å². The second-order valence-corrected chi connectivity index (χ2v) is 5.75. The molecule has 5 nitrogen and oxygen atoms in total. The first-order chi connectivity index (χ1) is 9.56. The zero-order chi connectivity index (χ0) is 14.5. The molecule has 0 fully saturated rings. The van der Waals surface area contributed by atoms with Crippen LogP contribution >= 0.6 is 0 Å². The van der Waals surface area contributed by atoms with E-state index in [1.165, 1.54) is 11.3 Å². The van der Waals surface area contributed by atoms with Gasteiger partial charge >= 0.3 is 0 Å². The smallest absolute Gasteiger partial charge is 0.105 e. The van der Waals surface area contributed by atoms with Gasteiger partial charge in [0.2, 0.25) is 0 Å². The van der Waals surface area contributed by atoms with Crippen LogP contribution in [0, 0.1) is 12.8 Å². The predicted octanol–water partition coefficient (Wildman–Crippen LogP) is 1.91. The molecule has 1 N–H and O–H groups in total. The first kappa shape index (κ1) is 14.8. The number of rotatable bonds is 7. The molecule has 0 aromatic carbocycles. The third kappa shape index (κ3) is 3.93. The predicted molar refractivity (Wildman–Crippen MR) is 80.4 cm³/mol. The molecule has 5 heteroatoms. The van der Waals surface area contributed by atoms with Crippen LogP contribution in [0.2, 0.25) is 0 Å². The number of imidazole rings is 1. The Balaban J connectivity index is 1.94. The second-order valence-electron chi connectivity index (χ2n) is 5.75. The molecular formula is C15H25N5. The lowest BCUT2D eigenvalue weighted by molar-refractivity contribution is 0.531. The van der Waals surface area contributed by atoms with E-state index < -0.39 is 0 Å². The molecule has 0 spiro atoms. The van der Waals surface area contributed by atoms with E-state index in [1.54, 1.807) is 0 Å². The minimum atomic E-state index is 0.669. The third-order valence-corrected chi connectivity index (χ3v) is 3.38. The molecule has 20 heavy (non-hydrogen) atoms. The van der Waals surface area contributed by atoms with Crippen LogP contribution in [-0.4, -0.2) is 25.9 Å². The SMILES string of the molecule is Cc1ncc(CNCC(C)C)n1CCc1cnn(C)c1. The van der Waals surface area contributed by atoms with E-state index >= 15 is 0 Å². The number of nitrogens with one attached hydrogen (secondary N) is 1. The summed E-state index contributed by atoms with van der Waals surface area (Å²) in [5.74, 6) is 1.75. The van der Waals surface area contributed by atoms with Crippen molar-refractivity contribution in [2.45, 2.75) is 40.3 Å². The summed E-state index contributed by atoms with van der Waals surface area (Å²) >= 11 is 0. The fourth-order valence-corrected chi connectivity index (χ4v) is 2.29. The average Bonchev–Trinajstić information content (AvgIpc) is 2.94. The first-order valence-electron chi connectivity index (χ1n) is 7.25. The van der Waals surface area contributed by atoms with E-state index in [1.807, 2.05) is 24.1 Å². The maximum Gasteiger partial charge on any atom is 0.105 e. The zero-order valence-electron chi connectivity index (χ0n) is 12.9. The van der Waals surface area contributed by atoms with Crippen molar-refractivity contribution in [1.82, 2.24) is 24.6 Å². The average molecular weight is 275 g/mol. The molecular weight excluding hydrogens is 250 g/mol. The standard InChI is InChI=1S/C15H25N5/c1-12(2)7-16-9-15-10-17-13(3)20(15)6-5-14-8-18-19(4)11-14/h8,10-12,16H,5-7,9H2,1-4H3. The summed E-state index contributed by atoms with van der Waals surface area (Å²) in [6.45, 7) is 9.38. The lowest BCUT2D eigenvalue weighted by Gasteiger charge is -2.11. The number of nitrogens with zero attached hydrogens (tertiary/aromatic N) is 4. The molecule has 0 bridgehead atoms. The Morgan fingerprint density at radius 2 is 2.10 bits per heavy atom. The maximum absolute atomic E-state index is 4.43. The molecule has 2 rings (SSSR count). The molecule has 0 aliphatic carbocycles. The zero-order valence-corrected chi connectivity index (χ0v) is 12.9. The third-order valence-electron chi connectivity index (χ3n) is 3.38. The van der Waals surface area contributed by atoms with Crippen molar-refractivity contribution in [3.05, 3.63) is 35.7 Å². The van der Waals surface area contributed by atoms with Crippen LogP contribution in [0.5, 0.6) is 0 Å². The van der Waals surface area contributed by atoms with Gasteiger partial charge in [-0.2, -0.15) is 5.10 Å². The number of aryl methyl sites for hydroxylation is 3. The van der Waals surface area contributed by atoms with Crippen LogP contribution in [0.25, 0.3) is 0 Å². The second kappa shape index (κ2) is 6.70. The van der Waals surface area contributed by atoms with Crippen molar-refractivity contribution in [3.63, 3.8) is 0 Å². The van der Waals surface area contributed by atoms with Crippen LogP contribution in [0.4, 0.5) is 0 Å². The topological polar surface area (TPSA) is 47.7 Å². The van der Waals surface area contributed by atoms with Crippen molar-refractivity contribution in [3.8, 4) is 0 Å². The van der Waals surface area contributed by atoms with Gasteiger partial charge in [0.25, 0.3) is 0 Å². The Hall–Kier alpha value is -1.62. The van der Waals surface area contributed by atoms with Gasteiger partial charge in [0, 0.05) is 32.5 Å². The molecule has 0 saturated heterocycles. The van der Waals surface area contributed by atoms with Gasteiger partial charge < -0.3 is 9.88 Å². The summed E-state index contributed by atoms with van der Waals surface area (Å²) in [4.78, 5) is 4.43. The molecule has 0 aliphatic heterocycles. The minimum Gasteiger partial charge on any atom is -0.331 e. The molecule has 0 aliphatic rings. The van der Waals surface area contributed by atoms with Gasteiger partial charge in [-0.05, 0) is 31.4 Å². The maximum atomic E-state index is 4.43. The van der Waals surface area contributed by atoms with Gasteiger partial charge in [0.05, 0.1) is 11.9 Å². The largest absolute Gasteiger partial charge is 0.331 e. The Kier molecular flexibility index (Phi) is 4.95. The van der Waals surface area contributed by atoms with Gasteiger partial charge in [0.1, 0.15) is 5.82 Å². The summed E-state index contributed by atoms with van der Waals surface area (Å²) < 4.78 is 4.14. The highest BCUT2D eigenvalue weighted by Crippen LogP contribution is 2.08. The summed E-state index contributed by atoms with van der Waals surface area (Å²) in [6, 6.07) is 0. The summed E-state index contributed by atoms with van der Waals surface area (Å²) in [6.07, 6.45) is 6.97. The van der Waals surface area contributed by atoms with E-state index in [-0.39, 0.29) is 0 Å². The lowest BCUT2D eigenvalue weighted by atomic mass is 10.2. The molecule has 0 atom stereocenters. The molecule has 0 amide bonds. The number of hydrogen-bond donors (Lipinski definition) is 1. The Labute approximate surface area is 121 Å². The van der Waals surface area contributed by atoms with E-state index in [9.17, 15) is 0 Å². The van der Waals surface area contributed by atoms with Gasteiger partial charge in [0.15, 0.2) is 0 Å². The molecule has 2 heterocycles. The highest BCUT2D eigenvalue weighted by atomic mass is 15.2. The normalized spacial score (nSPS) is 11.4. The minimum absolute atomic E-state index is 0.669. The van der Waals surface area contributed by atoms with Crippen molar-refractivity contribution in [2.75, 3.05) is 6.54 Å². The Morgan fingerprint density at radius 1 is 1.30 bits per heavy atom. The molecule has 0 unspecified atom stereocenters. The highest BCUT2D eigenvalue weighted by Gasteiger charge is 2.07. The van der Waals surface area contributed by atoms with Crippen LogP contribution in [0.1, 0.15) is 30.9 Å². The number of aromatic nitrogens is 4. The van der Waals surface area contributed by atoms with E-state index in [0.29, 0.717) is 5.92 Å². The van der Waals surface area contributed by atoms with Gasteiger partial charge in [-0.3, -0.25) is 4.68 Å². The van der Waals surface area contributed by atoms with Crippen LogP contribution in [-0.2, 0) is 26.6 Å². The Bertz CT molecular complexity index is 538. The Morgan fingerprint density at radius 3 is 2.75 bits per heavy atom. The van der Waals surface area contributed by atoms with E-state index in [0.717, 1.165) is 31.9 Å². The molecule has 0 saturated carbocycles. The van der Waals surface area contributed by atoms with Crippen molar-refractivity contribution >= 4 is 0 Å². The number of hydrogen-bond acceptors (Lipinski definition) is 3. The lowest BCUT2D eigenvalue weighted by Crippen LogP contribution is -2.21. The summed E-state index contributed by atoms with van der Waals surface area (Å²) in [5.41, 5.74) is 2.52. The fraction of sp³-hybridized carbons (Fsp3) is 0.600. The highest BCUT2D eigenvalue weighted by molar-refractivity contribution is 5.08. The van der Waals surface area contributed by atoms with Crippen molar-refractivity contribution in [1.29, 1.82) is 0 Å². The first-order valence-corrected chi connectivity index (χ1v) is 7.25. The molecule has 2 aromatic heterocycles. The fourth-order valence-electron chi connectivity index (χ4n) is 2.29. The molecule has 110 valence electrons. The van der Waals surface area contributed by atoms with Gasteiger partial charge in [-0.1, -0.05) is 13.8 Å². The van der Waals surface area contributed by atoms with Crippen LogP contribution in [0.3, 0.4) is 0 Å². The van der Waals surface area contributed by atoms with Crippen molar-refractivity contribution in [2.24, 2.45) is 13.0 Å². The quantitative estimate of drug-likeness (QED) is 0.839. The van der Waals surface area contributed by atoms with E-state index in [4.69, 9.17) is 0 Å². The van der Waals surface area contributed by atoms with Gasteiger partial charge in [-0.25, -0.2) is 4.98 Å². The molecule has 0 radical (unpaired) electrons. The van der Waals surface area contributed by atoms with Crippen molar-refractivity contribution < 1.29 is 0 Å². The van der Waals surface area contributed by atoms with Crippen LogP contribution in [0.15, 0.2) is 18.6 Å². The monoisotopic (exact) mass is 275 g/mol. The molecule has 2 aromatic rings. The summed E-state index contributed by atoms with van der Waals surface area (Å²) in [5, 5.41) is 7.69.